The van der Waals surface area contributed by atoms with Gasteiger partial charge in [-0.05, 0) is 61.4 Å². The fourth-order valence-corrected chi connectivity index (χ4v) is 1.99. The van der Waals surface area contributed by atoms with Gasteiger partial charge in [0, 0.05) is 25.3 Å². The number of nitrogens with zero attached hydrogens (tertiary/aromatic N) is 1. The Morgan fingerprint density at radius 1 is 1.00 bits per heavy atom. The van der Waals surface area contributed by atoms with E-state index in [4.69, 9.17) is 4.74 Å². The van der Waals surface area contributed by atoms with Crippen LogP contribution in [0.4, 0.5) is 5.69 Å². The van der Waals surface area contributed by atoms with Crippen LogP contribution in [0.25, 0.3) is 0 Å². The summed E-state index contributed by atoms with van der Waals surface area (Å²) in [7, 11) is 3.36. The first-order valence-corrected chi connectivity index (χ1v) is 7.68. The van der Waals surface area contributed by atoms with Gasteiger partial charge in [-0.2, -0.15) is 0 Å². The minimum absolute atomic E-state index is 0.0126. The Balaban J connectivity index is 1.97. The number of benzene rings is 2. The first kappa shape index (κ1) is 17.5. The van der Waals surface area contributed by atoms with Crippen LogP contribution >= 0.6 is 0 Å². The van der Waals surface area contributed by atoms with Gasteiger partial charge in [0.15, 0.2) is 6.61 Å². The SMILES string of the molecule is Cc1ccc(C(=O)Nc2ccc(OCC(=O)N(C)C)cc2)cc1C. The fourth-order valence-electron chi connectivity index (χ4n) is 1.99. The van der Waals surface area contributed by atoms with Crippen LogP contribution in [-0.2, 0) is 4.79 Å². The normalized spacial score (nSPS) is 10.2. The van der Waals surface area contributed by atoms with Crippen LogP contribution in [0.1, 0.15) is 21.5 Å². The number of aryl methyl sites for hydroxylation is 2. The fraction of sp³-hybridized carbons (Fsp3) is 0.263. The molecule has 2 aromatic rings. The zero-order valence-corrected chi connectivity index (χ0v) is 14.4. The van der Waals surface area contributed by atoms with Gasteiger partial charge >= 0.3 is 0 Å². The average Bonchev–Trinajstić information content (AvgIpc) is 2.56. The molecule has 1 N–H and O–H groups in total. The van der Waals surface area contributed by atoms with Crippen LogP contribution < -0.4 is 10.1 Å². The van der Waals surface area contributed by atoms with Crippen molar-refractivity contribution in [2.45, 2.75) is 13.8 Å². The third kappa shape index (κ3) is 4.59. The molecule has 2 rings (SSSR count). The van der Waals surface area contributed by atoms with Gasteiger partial charge in [0.1, 0.15) is 5.75 Å². The van der Waals surface area contributed by atoms with Crippen molar-refractivity contribution in [1.29, 1.82) is 0 Å². The number of carbonyl (C=O) groups excluding carboxylic acids is 2. The lowest BCUT2D eigenvalue weighted by atomic mass is 10.1. The van der Waals surface area contributed by atoms with E-state index in [2.05, 4.69) is 5.32 Å². The number of nitrogens with one attached hydrogen (secondary N) is 1. The molecule has 126 valence electrons. The van der Waals surface area contributed by atoms with E-state index in [-0.39, 0.29) is 18.4 Å². The molecule has 0 saturated heterocycles. The maximum atomic E-state index is 12.3. The highest BCUT2D eigenvalue weighted by Gasteiger charge is 2.08. The number of carbonyl (C=O) groups is 2. The third-order valence-corrected chi connectivity index (χ3v) is 3.74. The van der Waals surface area contributed by atoms with Crippen molar-refractivity contribution in [1.82, 2.24) is 4.90 Å². The number of likely N-dealkylation sites (N-methyl/N-ethyl adjacent to an activating group) is 1. The second-order valence-electron chi connectivity index (χ2n) is 5.85. The highest BCUT2D eigenvalue weighted by atomic mass is 16.5. The van der Waals surface area contributed by atoms with Crippen molar-refractivity contribution in [3.8, 4) is 5.75 Å². The zero-order valence-electron chi connectivity index (χ0n) is 14.4. The van der Waals surface area contributed by atoms with Gasteiger partial charge in [-0.3, -0.25) is 9.59 Å². The standard InChI is InChI=1S/C19H22N2O3/c1-13-5-6-15(11-14(13)2)19(23)20-16-7-9-17(10-8-16)24-12-18(22)21(3)4/h5-11H,12H2,1-4H3,(H,20,23). The van der Waals surface area contributed by atoms with E-state index in [1.54, 1.807) is 38.4 Å². The van der Waals surface area contributed by atoms with Gasteiger partial charge in [-0.15, -0.1) is 0 Å². The molecule has 0 fully saturated rings. The summed E-state index contributed by atoms with van der Waals surface area (Å²) in [5, 5.41) is 2.85. The summed E-state index contributed by atoms with van der Waals surface area (Å²) in [6.45, 7) is 3.98. The molecule has 0 aliphatic rings. The maximum absolute atomic E-state index is 12.3. The van der Waals surface area contributed by atoms with Crippen LogP contribution in [0.2, 0.25) is 0 Å². The van der Waals surface area contributed by atoms with Crippen molar-refractivity contribution in [2.24, 2.45) is 0 Å². The Labute approximate surface area is 142 Å². The summed E-state index contributed by atoms with van der Waals surface area (Å²) in [6.07, 6.45) is 0. The number of hydrogen-bond acceptors (Lipinski definition) is 3. The van der Waals surface area contributed by atoms with E-state index >= 15 is 0 Å². The molecule has 0 spiro atoms. The third-order valence-electron chi connectivity index (χ3n) is 3.74. The van der Waals surface area contributed by atoms with Gasteiger partial charge in [-0.1, -0.05) is 6.07 Å². The van der Waals surface area contributed by atoms with Crippen LogP contribution in [0.3, 0.4) is 0 Å². The van der Waals surface area contributed by atoms with Gasteiger partial charge in [0.25, 0.3) is 11.8 Å². The molecule has 2 aromatic carbocycles. The molecule has 0 aliphatic carbocycles. The van der Waals surface area contributed by atoms with E-state index in [1.807, 2.05) is 32.0 Å². The molecule has 5 heteroatoms. The highest BCUT2D eigenvalue weighted by Crippen LogP contribution is 2.17. The second-order valence-corrected chi connectivity index (χ2v) is 5.85. The molecule has 2 amide bonds. The minimum atomic E-state index is -0.158. The summed E-state index contributed by atoms with van der Waals surface area (Å²) in [6, 6.07) is 12.5. The van der Waals surface area contributed by atoms with Gasteiger partial charge in [-0.25, -0.2) is 0 Å². The molecule has 5 nitrogen and oxygen atoms in total. The maximum Gasteiger partial charge on any atom is 0.259 e. The largest absolute Gasteiger partial charge is 0.484 e. The molecule has 0 radical (unpaired) electrons. The Bertz CT molecular complexity index is 737. The number of hydrogen-bond donors (Lipinski definition) is 1. The summed E-state index contributed by atoms with van der Waals surface area (Å²) in [5.74, 6) is 0.311. The van der Waals surface area contributed by atoms with Crippen LogP contribution in [-0.4, -0.2) is 37.4 Å². The topological polar surface area (TPSA) is 58.6 Å². The molecule has 0 aliphatic heterocycles. The Kier molecular flexibility index (Phi) is 5.58. The monoisotopic (exact) mass is 326 g/mol. The van der Waals surface area contributed by atoms with Crippen molar-refractivity contribution >= 4 is 17.5 Å². The van der Waals surface area contributed by atoms with Gasteiger partial charge in [0.05, 0.1) is 0 Å². The second kappa shape index (κ2) is 7.64. The molecule has 24 heavy (non-hydrogen) atoms. The quantitative estimate of drug-likeness (QED) is 0.919. The molecule has 0 saturated carbocycles. The predicted molar refractivity (Wildman–Crippen MR) is 94.5 cm³/mol. The Morgan fingerprint density at radius 2 is 1.67 bits per heavy atom. The smallest absolute Gasteiger partial charge is 0.259 e. The molecular weight excluding hydrogens is 304 g/mol. The Morgan fingerprint density at radius 3 is 2.25 bits per heavy atom. The molecule has 0 aromatic heterocycles. The number of amides is 2. The van der Waals surface area contributed by atoms with E-state index in [0.29, 0.717) is 17.0 Å². The molecular formula is C19H22N2O3. The number of anilines is 1. The van der Waals surface area contributed by atoms with Crippen LogP contribution in [0.5, 0.6) is 5.75 Å². The first-order chi connectivity index (χ1) is 11.4. The van der Waals surface area contributed by atoms with Crippen molar-refractivity contribution < 1.29 is 14.3 Å². The predicted octanol–water partition coefficient (Wildman–Crippen LogP) is 3.02. The first-order valence-electron chi connectivity index (χ1n) is 7.68. The molecule has 0 atom stereocenters. The van der Waals surface area contributed by atoms with E-state index in [0.717, 1.165) is 11.1 Å². The van der Waals surface area contributed by atoms with Crippen molar-refractivity contribution in [2.75, 3.05) is 26.0 Å². The summed E-state index contributed by atoms with van der Waals surface area (Å²) >= 11 is 0. The van der Waals surface area contributed by atoms with Crippen molar-refractivity contribution in [3.05, 3.63) is 59.2 Å². The summed E-state index contributed by atoms with van der Waals surface area (Å²) in [4.78, 5) is 25.2. The van der Waals surface area contributed by atoms with E-state index < -0.39 is 0 Å². The van der Waals surface area contributed by atoms with Crippen LogP contribution in [0.15, 0.2) is 42.5 Å². The Hall–Kier alpha value is -2.82. The summed E-state index contributed by atoms with van der Waals surface area (Å²) in [5.41, 5.74) is 3.52. The highest BCUT2D eigenvalue weighted by molar-refractivity contribution is 6.04. The minimum Gasteiger partial charge on any atom is -0.484 e. The van der Waals surface area contributed by atoms with Gasteiger partial charge < -0.3 is 15.0 Å². The molecule has 0 unspecified atom stereocenters. The van der Waals surface area contributed by atoms with E-state index in [1.165, 1.54) is 4.90 Å². The van der Waals surface area contributed by atoms with Crippen LogP contribution in [0, 0.1) is 13.8 Å². The average molecular weight is 326 g/mol. The molecule has 0 bridgehead atoms. The number of ether oxygens (including phenoxy) is 1. The van der Waals surface area contributed by atoms with Crippen molar-refractivity contribution in [3.63, 3.8) is 0 Å². The van der Waals surface area contributed by atoms with E-state index in [9.17, 15) is 9.59 Å². The number of rotatable bonds is 5. The lowest BCUT2D eigenvalue weighted by Crippen LogP contribution is -2.27. The zero-order chi connectivity index (χ0) is 17.7. The lowest BCUT2D eigenvalue weighted by molar-refractivity contribution is -0.130. The molecule has 0 heterocycles. The lowest BCUT2D eigenvalue weighted by Gasteiger charge is -2.12. The summed E-state index contributed by atoms with van der Waals surface area (Å²) < 4.78 is 5.40. The van der Waals surface area contributed by atoms with Gasteiger partial charge in [0.2, 0.25) is 0 Å².